The summed E-state index contributed by atoms with van der Waals surface area (Å²) in [5, 5.41) is 0. The molecule has 1 saturated heterocycles. The second kappa shape index (κ2) is 5.72. The molecule has 0 amide bonds. The number of hydrogen-bond donors (Lipinski definition) is 1. The van der Waals surface area contributed by atoms with E-state index in [1.807, 2.05) is 6.07 Å². The minimum atomic E-state index is -0.198. The lowest BCUT2D eigenvalue weighted by Gasteiger charge is -2.49. The zero-order valence-electron chi connectivity index (χ0n) is 12.4. The third-order valence-electron chi connectivity index (χ3n) is 3.38. The molecule has 0 aromatic carbocycles. The van der Waals surface area contributed by atoms with Crippen LogP contribution >= 0.6 is 31.9 Å². The van der Waals surface area contributed by atoms with E-state index in [9.17, 15) is 0 Å². The van der Waals surface area contributed by atoms with Crippen molar-refractivity contribution < 1.29 is 9.15 Å². The van der Waals surface area contributed by atoms with Crippen molar-refractivity contribution in [2.45, 2.75) is 44.9 Å². The van der Waals surface area contributed by atoms with Crippen molar-refractivity contribution in [1.29, 1.82) is 0 Å². The van der Waals surface area contributed by atoms with Crippen LogP contribution in [0.15, 0.2) is 19.6 Å². The molecule has 2 rings (SSSR count). The SMILES string of the molecule is CC1(C)CN(C(CN)c2cc(Br)c(Br)o2)CC(C)(C)O1. The Kier molecular flexibility index (Phi) is 4.72. The van der Waals surface area contributed by atoms with Crippen molar-refractivity contribution in [2.24, 2.45) is 5.73 Å². The minimum absolute atomic E-state index is 0.0556. The predicted molar refractivity (Wildman–Crippen MR) is 86.7 cm³/mol. The predicted octanol–water partition coefficient (Wildman–Crippen LogP) is 3.69. The molecule has 0 spiro atoms. The zero-order valence-corrected chi connectivity index (χ0v) is 15.5. The van der Waals surface area contributed by atoms with Crippen LogP contribution in [0.1, 0.15) is 39.5 Å². The molecular weight excluding hydrogens is 388 g/mol. The van der Waals surface area contributed by atoms with Gasteiger partial charge in [-0.15, -0.1) is 0 Å². The molecule has 4 nitrogen and oxygen atoms in total. The summed E-state index contributed by atoms with van der Waals surface area (Å²) in [5.74, 6) is 0.875. The highest BCUT2D eigenvalue weighted by Crippen LogP contribution is 2.36. The molecule has 1 aliphatic heterocycles. The Morgan fingerprint density at radius 3 is 2.20 bits per heavy atom. The van der Waals surface area contributed by atoms with Gasteiger partial charge in [0.25, 0.3) is 0 Å². The van der Waals surface area contributed by atoms with Gasteiger partial charge in [0, 0.05) is 19.6 Å². The fourth-order valence-corrected chi connectivity index (χ4v) is 3.65. The number of nitrogens with two attached hydrogens (primary N) is 1. The fraction of sp³-hybridized carbons (Fsp3) is 0.714. The average molecular weight is 410 g/mol. The third kappa shape index (κ3) is 3.65. The number of halogens is 2. The number of rotatable bonds is 3. The van der Waals surface area contributed by atoms with Crippen molar-refractivity contribution in [1.82, 2.24) is 4.90 Å². The molecule has 20 heavy (non-hydrogen) atoms. The molecule has 0 radical (unpaired) electrons. The molecule has 114 valence electrons. The molecular formula is C14H22Br2N2O2. The molecule has 1 aliphatic rings. The Bertz CT molecular complexity index is 450. The smallest absolute Gasteiger partial charge is 0.183 e. The van der Waals surface area contributed by atoms with E-state index in [0.29, 0.717) is 11.2 Å². The zero-order chi connectivity index (χ0) is 15.1. The van der Waals surface area contributed by atoms with Crippen LogP contribution in [0.3, 0.4) is 0 Å². The number of morpholine rings is 1. The first-order chi connectivity index (χ1) is 9.13. The first kappa shape index (κ1) is 16.5. The lowest BCUT2D eigenvalue weighted by atomic mass is 9.96. The highest BCUT2D eigenvalue weighted by atomic mass is 79.9. The topological polar surface area (TPSA) is 51.6 Å². The van der Waals surface area contributed by atoms with Crippen LogP contribution in [0.2, 0.25) is 0 Å². The van der Waals surface area contributed by atoms with Gasteiger partial charge in [-0.1, -0.05) is 0 Å². The highest BCUT2D eigenvalue weighted by molar-refractivity contribution is 9.13. The van der Waals surface area contributed by atoms with Crippen molar-refractivity contribution in [2.75, 3.05) is 19.6 Å². The second-order valence-electron chi connectivity index (χ2n) is 6.55. The van der Waals surface area contributed by atoms with Gasteiger partial charge in [-0.2, -0.15) is 0 Å². The molecule has 0 saturated carbocycles. The molecule has 2 heterocycles. The molecule has 6 heteroatoms. The Morgan fingerprint density at radius 2 is 1.80 bits per heavy atom. The molecule has 1 aromatic heterocycles. The van der Waals surface area contributed by atoms with Crippen LogP contribution in [0.4, 0.5) is 0 Å². The molecule has 2 N–H and O–H groups in total. The first-order valence-electron chi connectivity index (χ1n) is 6.72. The van der Waals surface area contributed by atoms with Gasteiger partial charge in [0.2, 0.25) is 0 Å². The van der Waals surface area contributed by atoms with E-state index in [-0.39, 0.29) is 17.2 Å². The Labute approximate surface area is 137 Å². The second-order valence-corrected chi connectivity index (χ2v) is 8.12. The first-order valence-corrected chi connectivity index (χ1v) is 8.31. The summed E-state index contributed by atoms with van der Waals surface area (Å²) >= 11 is 6.84. The van der Waals surface area contributed by atoms with Crippen molar-refractivity contribution in [3.63, 3.8) is 0 Å². The quantitative estimate of drug-likeness (QED) is 0.826. The summed E-state index contributed by atoms with van der Waals surface area (Å²) in [7, 11) is 0. The fourth-order valence-electron chi connectivity index (χ4n) is 3.04. The number of nitrogens with zero attached hydrogens (tertiary/aromatic N) is 1. The Hall–Kier alpha value is 0.120. The standard InChI is InChI=1S/C14H22Br2N2O2/c1-13(2)7-18(8-14(3,4)20-13)10(6-17)11-5-9(15)12(16)19-11/h5,10H,6-8,17H2,1-4H3. The van der Waals surface area contributed by atoms with E-state index in [1.54, 1.807) is 0 Å². The van der Waals surface area contributed by atoms with Gasteiger partial charge in [0.1, 0.15) is 5.76 Å². The van der Waals surface area contributed by atoms with Crippen molar-refractivity contribution >= 4 is 31.9 Å². The average Bonchev–Trinajstić information content (AvgIpc) is 2.55. The maximum absolute atomic E-state index is 6.12. The van der Waals surface area contributed by atoms with Gasteiger partial charge in [-0.25, -0.2) is 0 Å². The maximum atomic E-state index is 6.12. The molecule has 1 atom stereocenters. The summed E-state index contributed by atoms with van der Waals surface area (Å²) in [6.07, 6.45) is 0. The van der Waals surface area contributed by atoms with Gasteiger partial charge in [0.15, 0.2) is 4.67 Å². The number of hydrogen-bond acceptors (Lipinski definition) is 4. The van der Waals surface area contributed by atoms with Gasteiger partial charge in [0.05, 0.1) is 21.7 Å². The minimum Gasteiger partial charge on any atom is -0.451 e. The van der Waals surface area contributed by atoms with E-state index >= 15 is 0 Å². The van der Waals surface area contributed by atoms with E-state index in [0.717, 1.165) is 23.3 Å². The van der Waals surface area contributed by atoms with Crippen molar-refractivity contribution in [3.8, 4) is 0 Å². The maximum Gasteiger partial charge on any atom is 0.183 e. The van der Waals surface area contributed by atoms with Crippen molar-refractivity contribution in [3.05, 3.63) is 21.0 Å². The monoisotopic (exact) mass is 408 g/mol. The lowest BCUT2D eigenvalue weighted by Crippen LogP contribution is -2.58. The van der Waals surface area contributed by atoms with E-state index in [2.05, 4.69) is 64.5 Å². The van der Waals surface area contributed by atoms with Crippen LogP contribution in [0, 0.1) is 0 Å². The van der Waals surface area contributed by atoms with Crippen LogP contribution in [0.25, 0.3) is 0 Å². The van der Waals surface area contributed by atoms with E-state index in [4.69, 9.17) is 14.9 Å². The molecule has 1 aromatic rings. The molecule has 1 unspecified atom stereocenters. The van der Waals surface area contributed by atoms with Crippen LogP contribution in [-0.4, -0.2) is 35.7 Å². The summed E-state index contributed by atoms with van der Waals surface area (Å²) in [4.78, 5) is 2.35. The molecule has 0 aliphatic carbocycles. The normalized spacial score (nSPS) is 23.8. The summed E-state index contributed by atoms with van der Waals surface area (Å²) in [6, 6.07) is 2.04. The lowest BCUT2D eigenvalue weighted by molar-refractivity contribution is -0.188. The highest BCUT2D eigenvalue weighted by Gasteiger charge is 2.41. The third-order valence-corrected chi connectivity index (χ3v) is 5.09. The van der Waals surface area contributed by atoms with Gasteiger partial charge < -0.3 is 14.9 Å². The Balaban J connectivity index is 2.27. The molecule has 0 bridgehead atoms. The molecule has 1 fully saturated rings. The Morgan fingerprint density at radius 1 is 1.25 bits per heavy atom. The van der Waals surface area contributed by atoms with Crippen LogP contribution in [-0.2, 0) is 4.74 Å². The number of ether oxygens (including phenoxy) is 1. The van der Waals surface area contributed by atoms with Gasteiger partial charge in [-0.3, -0.25) is 4.90 Å². The largest absolute Gasteiger partial charge is 0.451 e. The van der Waals surface area contributed by atoms with E-state index < -0.39 is 0 Å². The van der Waals surface area contributed by atoms with E-state index in [1.165, 1.54) is 0 Å². The van der Waals surface area contributed by atoms with Crippen LogP contribution in [0.5, 0.6) is 0 Å². The summed E-state index contributed by atoms with van der Waals surface area (Å²) in [5.41, 5.74) is 5.60. The summed E-state index contributed by atoms with van der Waals surface area (Å²) < 4.78 is 13.5. The van der Waals surface area contributed by atoms with Crippen LogP contribution < -0.4 is 5.73 Å². The van der Waals surface area contributed by atoms with Gasteiger partial charge >= 0.3 is 0 Å². The van der Waals surface area contributed by atoms with Gasteiger partial charge in [-0.05, 0) is 65.6 Å². The number of furan rings is 1. The summed E-state index contributed by atoms with van der Waals surface area (Å²) in [6.45, 7) is 10.6.